The Morgan fingerprint density at radius 2 is 0.713 bits per heavy atom. The average Bonchev–Trinajstić information content (AvgIpc) is 3.43. The molecule has 0 heterocycles. The van der Waals surface area contributed by atoms with Crippen molar-refractivity contribution in [2.45, 2.75) is 251 Å². The number of ether oxygens (including phenoxy) is 4. The number of carbonyl (C=O) groups is 3. The van der Waals surface area contributed by atoms with E-state index in [0.29, 0.717) is 17.4 Å². The van der Waals surface area contributed by atoms with Crippen molar-refractivity contribution in [3.8, 4) is 0 Å². The van der Waals surface area contributed by atoms with E-state index in [9.17, 15) is 19.5 Å². The molecule has 0 aromatic carbocycles. The molecule has 0 aromatic rings. The molecule has 0 aliphatic heterocycles. The molecular formula is C71H118NO8+. The summed E-state index contributed by atoms with van der Waals surface area (Å²) in [5.74, 6) is -2.03. The lowest BCUT2D eigenvalue weighted by Gasteiger charge is -2.25. The zero-order valence-corrected chi connectivity index (χ0v) is 51.7. The monoisotopic (exact) mass is 1110 g/mol. The summed E-state index contributed by atoms with van der Waals surface area (Å²) in [5, 5.41) is 9.70. The molecule has 0 aliphatic carbocycles. The van der Waals surface area contributed by atoms with Crippen LogP contribution < -0.4 is 0 Å². The van der Waals surface area contributed by atoms with Gasteiger partial charge in [0.1, 0.15) is 13.2 Å². The van der Waals surface area contributed by atoms with E-state index in [2.05, 4.69) is 148 Å². The molecule has 0 radical (unpaired) electrons. The number of likely N-dealkylation sites (N-methyl/N-ethyl adjacent to an activating group) is 1. The van der Waals surface area contributed by atoms with Gasteiger partial charge >= 0.3 is 17.9 Å². The number of carbonyl (C=O) groups excluding carboxylic acids is 2. The zero-order chi connectivity index (χ0) is 58.3. The van der Waals surface area contributed by atoms with E-state index < -0.39 is 24.3 Å². The lowest BCUT2D eigenvalue weighted by molar-refractivity contribution is -0.870. The van der Waals surface area contributed by atoms with Gasteiger partial charge in [0.2, 0.25) is 0 Å². The molecule has 1 N–H and O–H groups in total. The van der Waals surface area contributed by atoms with E-state index in [1.807, 2.05) is 21.1 Å². The number of unbranched alkanes of at least 4 members (excludes halogenated alkanes) is 20. The van der Waals surface area contributed by atoms with Gasteiger partial charge in [-0.3, -0.25) is 9.59 Å². The highest BCUT2D eigenvalue weighted by molar-refractivity contribution is 5.71. The number of rotatable bonds is 57. The number of hydrogen-bond acceptors (Lipinski definition) is 7. The topological polar surface area (TPSA) is 108 Å². The zero-order valence-electron chi connectivity index (χ0n) is 51.7. The number of aliphatic carboxylic acids is 1. The fourth-order valence-electron chi connectivity index (χ4n) is 8.26. The Kier molecular flexibility index (Phi) is 57.1. The second kappa shape index (κ2) is 60.5. The number of quaternary nitrogens is 1. The minimum absolute atomic E-state index is 0.180. The number of allylic oxidation sites excluding steroid dienone is 22. The highest BCUT2D eigenvalue weighted by Crippen LogP contribution is 2.15. The van der Waals surface area contributed by atoms with Crippen LogP contribution in [0.15, 0.2) is 134 Å². The maximum absolute atomic E-state index is 12.9. The second-order valence-corrected chi connectivity index (χ2v) is 22.0. The maximum atomic E-state index is 12.9. The van der Waals surface area contributed by atoms with E-state index in [0.717, 1.165) is 128 Å². The minimum Gasteiger partial charge on any atom is -0.477 e. The van der Waals surface area contributed by atoms with Crippen LogP contribution in [0.2, 0.25) is 0 Å². The third-order valence-corrected chi connectivity index (χ3v) is 13.1. The van der Waals surface area contributed by atoms with Crippen LogP contribution in [0.4, 0.5) is 0 Å². The molecule has 80 heavy (non-hydrogen) atoms. The molecule has 0 spiro atoms. The highest BCUT2D eigenvalue weighted by Gasteiger charge is 2.25. The van der Waals surface area contributed by atoms with E-state index in [1.54, 1.807) is 0 Å². The van der Waals surface area contributed by atoms with E-state index in [4.69, 9.17) is 18.9 Å². The molecule has 0 amide bonds. The van der Waals surface area contributed by atoms with Crippen LogP contribution in [-0.2, 0) is 33.3 Å². The first-order chi connectivity index (χ1) is 39.1. The molecule has 0 fully saturated rings. The van der Waals surface area contributed by atoms with Crippen molar-refractivity contribution in [3.05, 3.63) is 134 Å². The van der Waals surface area contributed by atoms with E-state index >= 15 is 0 Å². The van der Waals surface area contributed by atoms with Crippen LogP contribution >= 0.6 is 0 Å². The molecule has 0 rings (SSSR count). The summed E-state index contributed by atoms with van der Waals surface area (Å²) < 4.78 is 22.9. The van der Waals surface area contributed by atoms with Crippen LogP contribution in [0, 0.1) is 0 Å². The number of carboxylic acid groups (broad SMARTS) is 1. The molecule has 0 saturated carbocycles. The first kappa shape index (κ1) is 75.4. The Balaban J connectivity index is 4.09. The predicted molar refractivity (Wildman–Crippen MR) is 341 cm³/mol. The molecular weight excluding hydrogens is 995 g/mol. The van der Waals surface area contributed by atoms with Gasteiger partial charge in [0, 0.05) is 12.8 Å². The minimum atomic E-state index is -1.52. The van der Waals surface area contributed by atoms with Crippen molar-refractivity contribution in [2.75, 3.05) is 47.5 Å². The summed E-state index contributed by atoms with van der Waals surface area (Å²) in [5.41, 5.74) is 0. The van der Waals surface area contributed by atoms with Gasteiger partial charge in [-0.2, -0.15) is 0 Å². The Morgan fingerprint density at radius 1 is 0.388 bits per heavy atom. The summed E-state index contributed by atoms with van der Waals surface area (Å²) in [7, 11) is 5.96. The molecule has 0 saturated heterocycles. The third-order valence-electron chi connectivity index (χ3n) is 13.1. The summed E-state index contributed by atoms with van der Waals surface area (Å²) in [4.78, 5) is 37.4. The van der Waals surface area contributed by atoms with Crippen molar-refractivity contribution >= 4 is 17.9 Å². The van der Waals surface area contributed by atoms with Crippen molar-refractivity contribution in [2.24, 2.45) is 0 Å². The quantitative estimate of drug-likeness (QED) is 0.0211. The molecule has 0 bridgehead atoms. The molecule has 454 valence electrons. The first-order valence-corrected chi connectivity index (χ1v) is 31.8. The van der Waals surface area contributed by atoms with Crippen LogP contribution in [0.3, 0.4) is 0 Å². The van der Waals surface area contributed by atoms with Gasteiger partial charge < -0.3 is 28.5 Å². The van der Waals surface area contributed by atoms with Crippen LogP contribution in [0.25, 0.3) is 0 Å². The normalized spacial score (nSPS) is 13.7. The number of carboxylic acids is 1. The second-order valence-electron chi connectivity index (χ2n) is 22.0. The number of nitrogens with zero attached hydrogens (tertiary/aromatic N) is 1. The van der Waals surface area contributed by atoms with E-state index in [-0.39, 0.29) is 38.6 Å². The molecule has 0 aromatic heterocycles. The van der Waals surface area contributed by atoms with Gasteiger partial charge in [0.05, 0.1) is 34.4 Å². The summed E-state index contributed by atoms with van der Waals surface area (Å²) >= 11 is 0. The van der Waals surface area contributed by atoms with Crippen LogP contribution in [0.1, 0.15) is 239 Å². The Morgan fingerprint density at radius 3 is 1.06 bits per heavy atom. The van der Waals surface area contributed by atoms with Gasteiger partial charge in [-0.05, 0) is 109 Å². The highest BCUT2D eigenvalue weighted by atomic mass is 16.7. The summed E-state index contributed by atoms with van der Waals surface area (Å²) in [6, 6.07) is 0. The summed E-state index contributed by atoms with van der Waals surface area (Å²) in [6.45, 7) is 4.69. The Hall–Kier alpha value is -4.57. The standard InChI is InChI=1S/C71H117NO8/c1-6-8-10-12-14-16-18-20-22-23-24-25-26-27-28-29-30-31-32-33-34-35-36-37-38-39-40-41-42-43-44-45-46-47-48-50-52-54-56-58-60-62-69(74)80-67(66-79-71(70(75)76)77-64-63-72(3,4)5)65-78-68(73)61-59-57-55-53-51-49-21-19-17-15-13-11-9-7-2/h8,10,13-16,19-22,24-25,27-28,30-31,33-34,36-37,39-40,67,71H,6-7,9,11-12,17-18,23,26,29,32,35,38,41-66H2,1-5H3/p+1/b10-8-,15-13-,16-14-,21-19-,22-20-,25-24-,28-27-,31-30-,34-33-,37-36-,40-39-. The van der Waals surface area contributed by atoms with Crippen molar-refractivity contribution in [3.63, 3.8) is 0 Å². The van der Waals surface area contributed by atoms with Crippen LogP contribution in [-0.4, -0.2) is 87.4 Å². The fourth-order valence-corrected chi connectivity index (χ4v) is 8.26. The fraction of sp³-hybridized carbons (Fsp3) is 0.648. The molecule has 0 aliphatic rings. The first-order valence-electron chi connectivity index (χ1n) is 31.8. The largest absolute Gasteiger partial charge is 0.477 e. The van der Waals surface area contributed by atoms with Gasteiger partial charge in [0.25, 0.3) is 6.29 Å². The maximum Gasteiger partial charge on any atom is 0.361 e. The molecule has 9 nitrogen and oxygen atoms in total. The van der Waals surface area contributed by atoms with Gasteiger partial charge in [-0.25, -0.2) is 4.79 Å². The Bertz CT molecular complexity index is 1770. The SMILES string of the molecule is CC/C=C\C/C=C\C/C=C\C/C=C\C/C=C\C/C=C\C/C=C\C/C=C\C/C=C\CCCCCCCCCCCCCCCC(=O)OC(COC(=O)CCCCCCC/C=C\C/C=C\CCCC)COC(OCC[N+](C)(C)C)C(=O)O. The van der Waals surface area contributed by atoms with Crippen LogP contribution in [0.5, 0.6) is 0 Å². The van der Waals surface area contributed by atoms with Gasteiger partial charge in [-0.15, -0.1) is 0 Å². The van der Waals surface area contributed by atoms with Gasteiger partial charge in [-0.1, -0.05) is 250 Å². The smallest absolute Gasteiger partial charge is 0.361 e. The lowest BCUT2D eigenvalue weighted by Crippen LogP contribution is -2.40. The number of hydrogen-bond donors (Lipinski definition) is 1. The Labute approximate surface area is 490 Å². The molecule has 9 heteroatoms. The average molecular weight is 1110 g/mol. The van der Waals surface area contributed by atoms with Crippen molar-refractivity contribution in [1.82, 2.24) is 0 Å². The lowest BCUT2D eigenvalue weighted by atomic mass is 10.0. The predicted octanol–water partition coefficient (Wildman–Crippen LogP) is 19.4. The molecule has 2 unspecified atom stereocenters. The van der Waals surface area contributed by atoms with Crippen molar-refractivity contribution in [1.29, 1.82) is 0 Å². The number of esters is 2. The molecule has 2 atom stereocenters. The third kappa shape index (κ3) is 61.1. The van der Waals surface area contributed by atoms with Crippen molar-refractivity contribution < 1.29 is 42.9 Å². The van der Waals surface area contributed by atoms with Gasteiger partial charge in [0.15, 0.2) is 6.10 Å². The summed E-state index contributed by atoms with van der Waals surface area (Å²) in [6.07, 6.45) is 84.1. The van der Waals surface area contributed by atoms with E-state index in [1.165, 1.54) is 77.0 Å².